The number of primary sulfonamides is 1. The molecule has 2 heterocycles. The summed E-state index contributed by atoms with van der Waals surface area (Å²) in [6.45, 7) is 0.460. The van der Waals surface area contributed by atoms with Crippen LogP contribution < -0.4 is 25.6 Å². The van der Waals surface area contributed by atoms with Crippen molar-refractivity contribution in [2.75, 3.05) is 26.1 Å². The SMILES string of the molecule is COc1c2occc2c(OC)c2c(NCCc3ccc(S(N)(=O)=O)cc3)cc(=O)oc12. The van der Waals surface area contributed by atoms with Crippen molar-refractivity contribution >= 4 is 37.6 Å². The predicted octanol–water partition coefficient (Wildman–Crippen LogP) is 2.86. The van der Waals surface area contributed by atoms with Gasteiger partial charge < -0.3 is 23.6 Å². The lowest BCUT2D eigenvalue weighted by molar-refractivity contribution is 0.398. The maximum absolute atomic E-state index is 12.2. The van der Waals surface area contributed by atoms with E-state index in [1.165, 1.54) is 38.7 Å². The molecule has 0 aliphatic rings. The molecule has 9 nitrogen and oxygen atoms in total. The number of hydrogen-bond donors (Lipinski definition) is 2. The topological polar surface area (TPSA) is 134 Å². The van der Waals surface area contributed by atoms with Crippen LogP contribution in [0.4, 0.5) is 5.69 Å². The highest BCUT2D eigenvalue weighted by Gasteiger charge is 2.23. The molecule has 4 aromatic rings. The second-order valence-electron chi connectivity index (χ2n) is 6.78. The standard InChI is InChI=1S/C21H20N2O7S/c1-27-18-14-8-10-29-19(14)21(28-2)20-17(18)15(11-16(24)30-20)23-9-7-12-3-5-13(6-4-12)31(22,25)26/h3-6,8,10-11,23H,7,9H2,1-2H3,(H2,22,25,26). The number of anilines is 1. The second kappa shape index (κ2) is 7.97. The first-order chi connectivity index (χ1) is 14.8. The average Bonchev–Trinajstić information content (AvgIpc) is 3.21. The Morgan fingerprint density at radius 3 is 2.39 bits per heavy atom. The zero-order valence-corrected chi connectivity index (χ0v) is 17.6. The Morgan fingerprint density at radius 1 is 1.03 bits per heavy atom. The Labute approximate surface area is 177 Å². The van der Waals surface area contributed by atoms with E-state index in [9.17, 15) is 13.2 Å². The van der Waals surface area contributed by atoms with Crippen molar-refractivity contribution in [3.05, 3.63) is 58.6 Å². The summed E-state index contributed by atoms with van der Waals surface area (Å²) in [5.41, 5.74) is 1.50. The highest BCUT2D eigenvalue weighted by atomic mass is 32.2. The first-order valence-corrected chi connectivity index (χ1v) is 10.8. The highest BCUT2D eigenvalue weighted by molar-refractivity contribution is 7.89. The molecule has 10 heteroatoms. The minimum atomic E-state index is -3.73. The zero-order valence-electron chi connectivity index (χ0n) is 16.8. The normalized spacial score (nSPS) is 11.7. The van der Waals surface area contributed by atoms with E-state index >= 15 is 0 Å². The molecule has 3 N–H and O–H groups in total. The third kappa shape index (κ3) is 3.82. The molecule has 31 heavy (non-hydrogen) atoms. The van der Waals surface area contributed by atoms with E-state index in [2.05, 4.69) is 5.32 Å². The largest absolute Gasteiger partial charge is 0.495 e. The number of nitrogens with two attached hydrogens (primary N) is 1. The van der Waals surface area contributed by atoms with Crippen LogP contribution in [-0.4, -0.2) is 29.2 Å². The van der Waals surface area contributed by atoms with Crippen LogP contribution in [0.5, 0.6) is 11.5 Å². The number of rotatable bonds is 7. The number of methoxy groups -OCH3 is 2. The Morgan fingerprint density at radius 2 is 1.74 bits per heavy atom. The van der Waals surface area contributed by atoms with Crippen LogP contribution in [-0.2, 0) is 16.4 Å². The van der Waals surface area contributed by atoms with E-state index in [0.29, 0.717) is 46.5 Å². The summed E-state index contributed by atoms with van der Waals surface area (Å²) in [5.74, 6) is 0.790. The summed E-state index contributed by atoms with van der Waals surface area (Å²) in [7, 11) is -0.744. The Kier molecular flexibility index (Phi) is 5.34. The van der Waals surface area contributed by atoms with E-state index in [-0.39, 0.29) is 10.5 Å². The van der Waals surface area contributed by atoms with E-state index in [4.69, 9.17) is 23.4 Å². The van der Waals surface area contributed by atoms with Gasteiger partial charge in [0.25, 0.3) is 0 Å². The maximum atomic E-state index is 12.2. The van der Waals surface area contributed by atoms with Gasteiger partial charge in [-0.05, 0) is 30.2 Å². The monoisotopic (exact) mass is 444 g/mol. The number of furan rings is 1. The number of nitrogens with one attached hydrogen (secondary N) is 1. The van der Waals surface area contributed by atoms with Gasteiger partial charge in [-0.15, -0.1) is 0 Å². The Bertz CT molecular complexity index is 1420. The van der Waals surface area contributed by atoms with E-state index in [1.807, 2.05) is 0 Å². The summed E-state index contributed by atoms with van der Waals surface area (Å²) in [4.78, 5) is 12.3. The molecule has 2 aromatic heterocycles. The number of sulfonamides is 1. The maximum Gasteiger partial charge on any atom is 0.338 e. The van der Waals surface area contributed by atoms with Gasteiger partial charge in [0.15, 0.2) is 11.2 Å². The number of fused-ring (bicyclic) bond motifs is 2. The van der Waals surface area contributed by atoms with Crippen LogP contribution in [0.25, 0.3) is 21.9 Å². The number of benzene rings is 2. The van der Waals surface area contributed by atoms with Crippen molar-refractivity contribution in [2.24, 2.45) is 5.14 Å². The quantitative estimate of drug-likeness (QED) is 0.416. The van der Waals surface area contributed by atoms with Crippen LogP contribution in [0.1, 0.15) is 5.56 Å². The fourth-order valence-corrected chi connectivity index (χ4v) is 4.02. The van der Waals surface area contributed by atoms with Gasteiger partial charge in [-0.2, -0.15) is 0 Å². The molecule has 4 rings (SSSR count). The minimum absolute atomic E-state index is 0.0526. The summed E-state index contributed by atoms with van der Waals surface area (Å²) >= 11 is 0. The average molecular weight is 444 g/mol. The van der Waals surface area contributed by atoms with Gasteiger partial charge in [0.2, 0.25) is 15.8 Å². The highest BCUT2D eigenvalue weighted by Crippen LogP contribution is 2.45. The molecule has 0 saturated carbocycles. The van der Waals surface area contributed by atoms with Gasteiger partial charge in [-0.25, -0.2) is 18.4 Å². The first kappa shape index (κ1) is 20.8. The van der Waals surface area contributed by atoms with Crippen LogP contribution >= 0.6 is 0 Å². The van der Waals surface area contributed by atoms with E-state index in [0.717, 1.165) is 5.56 Å². The smallest absolute Gasteiger partial charge is 0.338 e. The Balaban J connectivity index is 1.70. The van der Waals surface area contributed by atoms with Crippen LogP contribution in [0.3, 0.4) is 0 Å². The predicted molar refractivity (Wildman–Crippen MR) is 115 cm³/mol. The van der Waals surface area contributed by atoms with Crippen molar-refractivity contribution in [2.45, 2.75) is 11.3 Å². The molecular weight excluding hydrogens is 424 g/mol. The molecule has 162 valence electrons. The van der Waals surface area contributed by atoms with Crippen LogP contribution in [0.15, 0.2) is 61.2 Å². The van der Waals surface area contributed by atoms with Crippen LogP contribution in [0.2, 0.25) is 0 Å². The van der Waals surface area contributed by atoms with Gasteiger partial charge in [-0.3, -0.25) is 0 Å². The zero-order chi connectivity index (χ0) is 22.2. The van der Waals surface area contributed by atoms with Gasteiger partial charge in [0.1, 0.15) is 5.75 Å². The summed E-state index contributed by atoms with van der Waals surface area (Å²) < 4.78 is 44.8. The van der Waals surface area contributed by atoms with Gasteiger partial charge >= 0.3 is 5.63 Å². The number of ether oxygens (including phenoxy) is 2. The first-order valence-electron chi connectivity index (χ1n) is 9.28. The lowest BCUT2D eigenvalue weighted by atomic mass is 10.1. The van der Waals surface area contributed by atoms with Gasteiger partial charge in [0.05, 0.1) is 41.8 Å². The fraction of sp³-hybridized carbons (Fsp3) is 0.190. The third-order valence-corrected chi connectivity index (χ3v) is 5.83. The molecule has 0 spiro atoms. The van der Waals surface area contributed by atoms with Crippen LogP contribution in [0, 0.1) is 0 Å². The summed E-state index contributed by atoms with van der Waals surface area (Å²) in [6.07, 6.45) is 2.07. The molecular formula is C21H20N2O7S. The van der Waals surface area contributed by atoms with Crippen molar-refractivity contribution in [1.82, 2.24) is 0 Å². The molecule has 0 unspecified atom stereocenters. The molecule has 0 amide bonds. The van der Waals surface area contributed by atoms with Crippen molar-refractivity contribution in [1.29, 1.82) is 0 Å². The van der Waals surface area contributed by atoms with Crippen molar-refractivity contribution in [3.63, 3.8) is 0 Å². The Hall–Kier alpha value is -3.50. The summed E-state index contributed by atoms with van der Waals surface area (Å²) in [6, 6.07) is 9.40. The number of hydrogen-bond acceptors (Lipinski definition) is 8. The molecule has 0 bridgehead atoms. The van der Waals surface area contributed by atoms with Crippen molar-refractivity contribution in [3.8, 4) is 11.5 Å². The van der Waals surface area contributed by atoms with Crippen molar-refractivity contribution < 1.29 is 26.7 Å². The van der Waals surface area contributed by atoms with Gasteiger partial charge in [-0.1, -0.05) is 12.1 Å². The molecule has 0 saturated heterocycles. The second-order valence-corrected chi connectivity index (χ2v) is 8.34. The lowest BCUT2D eigenvalue weighted by Gasteiger charge is -2.14. The summed E-state index contributed by atoms with van der Waals surface area (Å²) in [5, 5.41) is 9.60. The van der Waals surface area contributed by atoms with E-state index < -0.39 is 15.6 Å². The molecule has 0 radical (unpaired) electrons. The molecule has 0 aliphatic carbocycles. The molecule has 0 fully saturated rings. The van der Waals surface area contributed by atoms with E-state index in [1.54, 1.807) is 18.2 Å². The fourth-order valence-electron chi connectivity index (χ4n) is 3.50. The van der Waals surface area contributed by atoms with Gasteiger partial charge in [0, 0.05) is 12.6 Å². The lowest BCUT2D eigenvalue weighted by Crippen LogP contribution is -2.12. The minimum Gasteiger partial charge on any atom is -0.495 e. The molecule has 0 aliphatic heterocycles. The third-order valence-electron chi connectivity index (χ3n) is 4.90. The molecule has 0 atom stereocenters. The molecule has 2 aromatic carbocycles.